The maximum atomic E-state index is 12.6. The van der Waals surface area contributed by atoms with Gasteiger partial charge in [0.05, 0.1) is 5.69 Å². The fraction of sp³-hybridized carbons (Fsp3) is 0.400. The quantitative estimate of drug-likeness (QED) is 0.518. The average Bonchev–Trinajstić information content (AvgIpc) is 2.59. The first-order chi connectivity index (χ1) is 12.7. The molecule has 0 unspecified atom stereocenters. The van der Waals surface area contributed by atoms with Crippen LogP contribution in [-0.4, -0.2) is 54.6 Å². The molecule has 12 heteroatoms. The van der Waals surface area contributed by atoms with Gasteiger partial charge < -0.3 is 16.4 Å². The molecule has 0 aliphatic carbocycles. The number of hydrogen-bond donors (Lipinski definition) is 3. The van der Waals surface area contributed by atoms with Gasteiger partial charge in [-0.2, -0.15) is 32.7 Å². The number of halogens is 1. The number of benzene rings is 1. The second kappa shape index (κ2) is 9.24. The SMILES string of the molecule is CC(C)N(C)OS(=O)(=O)c1ccccc1Nc1nc(Cl)nc(NCCN)n1. The van der Waals surface area contributed by atoms with Crippen LogP contribution in [0.15, 0.2) is 29.2 Å². The molecular formula is C15H22ClN7O3S. The largest absolute Gasteiger partial charge is 0.353 e. The minimum atomic E-state index is -4.06. The topological polar surface area (TPSA) is 135 Å². The third kappa shape index (κ3) is 5.97. The van der Waals surface area contributed by atoms with Crippen LogP contribution in [0.5, 0.6) is 0 Å². The van der Waals surface area contributed by atoms with Crippen molar-refractivity contribution in [3.8, 4) is 0 Å². The first-order valence-corrected chi connectivity index (χ1v) is 9.90. The average molecular weight is 416 g/mol. The van der Waals surface area contributed by atoms with Crippen LogP contribution in [0, 0.1) is 0 Å². The zero-order chi connectivity index (χ0) is 20.0. The van der Waals surface area contributed by atoms with E-state index >= 15 is 0 Å². The Bertz CT molecular complexity index is 879. The molecule has 0 saturated carbocycles. The molecule has 0 amide bonds. The van der Waals surface area contributed by atoms with Gasteiger partial charge in [0.1, 0.15) is 4.90 Å². The zero-order valence-electron chi connectivity index (χ0n) is 15.2. The Morgan fingerprint density at radius 1 is 1.22 bits per heavy atom. The predicted molar refractivity (Wildman–Crippen MR) is 103 cm³/mol. The number of nitrogens with zero attached hydrogens (tertiary/aromatic N) is 4. The Hall–Kier alpha value is -2.05. The molecule has 4 N–H and O–H groups in total. The fourth-order valence-corrected chi connectivity index (χ4v) is 3.21. The van der Waals surface area contributed by atoms with Gasteiger partial charge in [-0.05, 0) is 37.6 Å². The molecule has 1 aromatic carbocycles. The monoisotopic (exact) mass is 415 g/mol. The Kier molecular flexibility index (Phi) is 7.27. The molecule has 0 radical (unpaired) electrons. The van der Waals surface area contributed by atoms with Crippen molar-refractivity contribution in [2.45, 2.75) is 24.8 Å². The van der Waals surface area contributed by atoms with Crippen molar-refractivity contribution in [3.05, 3.63) is 29.5 Å². The summed E-state index contributed by atoms with van der Waals surface area (Å²) in [5.74, 6) is 0.300. The summed E-state index contributed by atoms with van der Waals surface area (Å²) in [6.45, 7) is 4.44. The van der Waals surface area contributed by atoms with Gasteiger partial charge in [-0.25, -0.2) is 0 Å². The Balaban J connectivity index is 2.32. The molecule has 0 atom stereocenters. The van der Waals surface area contributed by atoms with Crippen molar-refractivity contribution in [2.24, 2.45) is 5.73 Å². The summed E-state index contributed by atoms with van der Waals surface area (Å²) in [6, 6.07) is 6.12. The summed E-state index contributed by atoms with van der Waals surface area (Å²) in [4.78, 5) is 12.0. The van der Waals surface area contributed by atoms with Crippen molar-refractivity contribution in [1.29, 1.82) is 0 Å². The minimum absolute atomic E-state index is 0.0526. The molecule has 1 aromatic heterocycles. The van der Waals surface area contributed by atoms with E-state index in [1.807, 2.05) is 13.8 Å². The smallest absolute Gasteiger partial charge is 0.315 e. The van der Waals surface area contributed by atoms with Gasteiger partial charge >= 0.3 is 10.1 Å². The van der Waals surface area contributed by atoms with Crippen LogP contribution in [-0.2, 0) is 14.4 Å². The van der Waals surface area contributed by atoms with Crippen molar-refractivity contribution in [2.75, 3.05) is 30.8 Å². The number of nitrogens with one attached hydrogen (secondary N) is 2. The van der Waals surface area contributed by atoms with Gasteiger partial charge in [0.25, 0.3) is 0 Å². The van der Waals surface area contributed by atoms with Crippen LogP contribution in [0.1, 0.15) is 13.8 Å². The number of aromatic nitrogens is 3. The molecule has 0 bridgehead atoms. The summed E-state index contributed by atoms with van der Waals surface area (Å²) in [5, 5.41) is 6.92. The summed E-state index contributed by atoms with van der Waals surface area (Å²) >= 11 is 5.91. The van der Waals surface area contributed by atoms with E-state index < -0.39 is 10.1 Å². The van der Waals surface area contributed by atoms with Gasteiger partial charge in [-0.15, -0.1) is 0 Å². The lowest BCUT2D eigenvalue weighted by atomic mass is 10.3. The lowest BCUT2D eigenvalue weighted by Gasteiger charge is -2.20. The number of nitrogens with two attached hydrogens (primary N) is 1. The van der Waals surface area contributed by atoms with Crippen LogP contribution in [0.2, 0.25) is 5.28 Å². The summed E-state index contributed by atoms with van der Waals surface area (Å²) in [5.41, 5.74) is 5.68. The molecule has 0 aliphatic heterocycles. The molecule has 148 valence electrons. The van der Waals surface area contributed by atoms with Gasteiger partial charge in [0.15, 0.2) is 0 Å². The van der Waals surface area contributed by atoms with Crippen molar-refractivity contribution >= 4 is 39.3 Å². The van der Waals surface area contributed by atoms with Gasteiger partial charge in [0.2, 0.25) is 17.2 Å². The molecule has 0 fully saturated rings. The number of rotatable bonds is 9. The maximum absolute atomic E-state index is 12.6. The molecule has 2 rings (SSSR count). The second-order valence-electron chi connectivity index (χ2n) is 5.76. The van der Waals surface area contributed by atoms with Crippen LogP contribution in [0.4, 0.5) is 17.6 Å². The molecular weight excluding hydrogens is 394 g/mol. The lowest BCUT2D eigenvalue weighted by molar-refractivity contribution is -0.0521. The van der Waals surface area contributed by atoms with Gasteiger partial charge in [-0.1, -0.05) is 12.1 Å². The van der Waals surface area contributed by atoms with Crippen molar-refractivity contribution in [3.63, 3.8) is 0 Å². The summed E-state index contributed by atoms with van der Waals surface area (Å²) < 4.78 is 30.4. The van der Waals surface area contributed by atoms with Crippen LogP contribution in [0.25, 0.3) is 0 Å². The maximum Gasteiger partial charge on any atom is 0.315 e. The highest BCUT2D eigenvalue weighted by atomic mass is 35.5. The van der Waals surface area contributed by atoms with Crippen molar-refractivity contribution in [1.82, 2.24) is 20.0 Å². The highest BCUT2D eigenvalue weighted by Crippen LogP contribution is 2.26. The van der Waals surface area contributed by atoms with Gasteiger partial charge in [-0.3, -0.25) is 0 Å². The molecule has 2 aromatic rings. The van der Waals surface area contributed by atoms with Crippen LogP contribution in [0.3, 0.4) is 0 Å². The van der Waals surface area contributed by atoms with Crippen LogP contribution < -0.4 is 16.4 Å². The first-order valence-electron chi connectivity index (χ1n) is 8.12. The standard InChI is InChI=1S/C15H22ClN7O3S/c1-10(2)23(3)26-27(24,25)12-7-5-4-6-11(12)19-15-21-13(16)20-14(22-15)18-9-8-17/h4-7,10H,8-9,17H2,1-3H3,(H2,18,19,20,21,22). The van der Waals surface area contributed by atoms with E-state index in [9.17, 15) is 8.42 Å². The number of hydroxylamine groups is 2. The molecule has 0 spiro atoms. The third-order valence-corrected chi connectivity index (χ3v) is 4.88. The molecule has 1 heterocycles. The number of para-hydroxylation sites is 1. The Morgan fingerprint density at radius 3 is 2.56 bits per heavy atom. The molecule has 0 aliphatic rings. The van der Waals surface area contributed by atoms with Gasteiger partial charge in [0, 0.05) is 26.2 Å². The summed E-state index contributed by atoms with van der Waals surface area (Å²) in [6.07, 6.45) is 0. The number of hydrogen-bond acceptors (Lipinski definition) is 10. The molecule has 27 heavy (non-hydrogen) atoms. The Morgan fingerprint density at radius 2 is 1.89 bits per heavy atom. The van der Waals surface area contributed by atoms with E-state index in [1.165, 1.54) is 11.1 Å². The third-order valence-electron chi connectivity index (χ3n) is 3.38. The first kappa shape index (κ1) is 21.3. The van der Waals surface area contributed by atoms with Crippen molar-refractivity contribution < 1.29 is 12.7 Å². The van der Waals surface area contributed by atoms with Crippen LogP contribution >= 0.6 is 11.6 Å². The van der Waals surface area contributed by atoms with E-state index in [1.54, 1.807) is 25.2 Å². The fourth-order valence-electron chi connectivity index (χ4n) is 1.86. The number of anilines is 3. The van der Waals surface area contributed by atoms with E-state index in [4.69, 9.17) is 21.6 Å². The zero-order valence-corrected chi connectivity index (χ0v) is 16.8. The normalized spacial score (nSPS) is 11.8. The minimum Gasteiger partial charge on any atom is -0.353 e. The molecule has 0 saturated heterocycles. The van der Waals surface area contributed by atoms with E-state index in [2.05, 4.69) is 25.6 Å². The second-order valence-corrected chi connectivity index (χ2v) is 7.59. The van der Waals surface area contributed by atoms with E-state index in [-0.39, 0.29) is 33.8 Å². The predicted octanol–water partition coefficient (Wildman–Crippen LogP) is 1.60. The lowest BCUT2D eigenvalue weighted by Crippen LogP contribution is -2.29. The Labute approximate surface area is 163 Å². The molecule has 10 nitrogen and oxygen atoms in total. The van der Waals surface area contributed by atoms with E-state index in [0.29, 0.717) is 13.1 Å². The summed E-state index contributed by atoms with van der Waals surface area (Å²) in [7, 11) is -2.52. The highest BCUT2D eigenvalue weighted by molar-refractivity contribution is 7.86. The highest BCUT2D eigenvalue weighted by Gasteiger charge is 2.23. The van der Waals surface area contributed by atoms with E-state index in [0.717, 1.165) is 0 Å².